The lowest BCUT2D eigenvalue weighted by atomic mass is 9.91. The average molecular weight is 417 g/mol. The molecule has 0 spiro atoms. The second-order valence-corrected chi connectivity index (χ2v) is 7.62. The minimum atomic E-state index is 0.0679. The number of aromatic nitrogens is 1. The molecule has 5 nitrogen and oxygen atoms in total. The van der Waals surface area contributed by atoms with Crippen LogP contribution in [0.15, 0.2) is 88.6 Å². The first-order chi connectivity index (χ1) is 15.2. The number of unbranched alkanes of at least 4 members (excludes halogenated alkanes) is 1. The normalized spacial score (nSPS) is 11.5. The molecule has 0 bridgehead atoms. The molecule has 2 N–H and O–H groups in total. The van der Waals surface area contributed by atoms with Gasteiger partial charge in [0.2, 0.25) is 0 Å². The third kappa shape index (κ3) is 6.57. The fourth-order valence-electron chi connectivity index (χ4n) is 3.73. The summed E-state index contributed by atoms with van der Waals surface area (Å²) in [6.45, 7) is 4.28. The van der Waals surface area contributed by atoms with Crippen LogP contribution in [0.4, 0.5) is 0 Å². The first-order valence-electron chi connectivity index (χ1n) is 10.9. The number of aliphatic imine (C=N–C) groups is 1. The van der Waals surface area contributed by atoms with Crippen LogP contribution in [-0.2, 0) is 6.54 Å². The van der Waals surface area contributed by atoms with E-state index in [1.807, 2.05) is 35.8 Å². The van der Waals surface area contributed by atoms with Gasteiger partial charge in [0.05, 0.1) is 0 Å². The van der Waals surface area contributed by atoms with Crippen molar-refractivity contribution in [1.82, 2.24) is 15.2 Å². The lowest BCUT2D eigenvalue weighted by Crippen LogP contribution is -2.40. The van der Waals surface area contributed by atoms with Gasteiger partial charge in [-0.15, -0.1) is 0 Å². The van der Waals surface area contributed by atoms with E-state index < -0.39 is 0 Å². The zero-order valence-electron chi connectivity index (χ0n) is 18.4. The van der Waals surface area contributed by atoms with Gasteiger partial charge in [-0.1, -0.05) is 66.7 Å². The van der Waals surface area contributed by atoms with Crippen LogP contribution >= 0.6 is 0 Å². The first-order valence-corrected chi connectivity index (χ1v) is 10.9. The van der Waals surface area contributed by atoms with E-state index in [2.05, 4.69) is 64.2 Å². The lowest BCUT2D eigenvalue weighted by molar-refractivity contribution is 0.574. The van der Waals surface area contributed by atoms with Crippen LogP contribution < -0.4 is 16.2 Å². The summed E-state index contributed by atoms with van der Waals surface area (Å²) in [5.41, 5.74) is 3.63. The molecule has 0 amide bonds. The van der Waals surface area contributed by atoms with E-state index >= 15 is 0 Å². The summed E-state index contributed by atoms with van der Waals surface area (Å²) in [5, 5.41) is 6.87. The molecule has 0 atom stereocenters. The second kappa shape index (κ2) is 11.7. The zero-order valence-corrected chi connectivity index (χ0v) is 18.4. The number of aryl methyl sites for hydroxylation is 1. The molecule has 0 aliphatic heterocycles. The minimum Gasteiger partial charge on any atom is -0.356 e. The smallest absolute Gasteiger partial charge is 0.250 e. The number of nitrogens with one attached hydrogen (secondary N) is 2. The van der Waals surface area contributed by atoms with Gasteiger partial charge < -0.3 is 15.2 Å². The largest absolute Gasteiger partial charge is 0.356 e. The molecule has 1 heterocycles. The molecule has 2 aromatic carbocycles. The van der Waals surface area contributed by atoms with E-state index in [4.69, 9.17) is 0 Å². The van der Waals surface area contributed by atoms with Gasteiger partial charge in [-0.2, -0.15) is 0 Å². The average Bonchev–Trinajstić information content (AvgIpc) is 2.80. The van der Waals surface area contributed by atoms with Gasteiger partial charge >= 0.3 is 0 Å². The standard InChI is InChI=1S/C26H32N4O/c1-21-12-11-17-25(31)30(21)19-10-9-18-28-26(27-2)29-20-24(22-13-5-3-6-14-22)23-15-7-4-8-16-23/h3-8,11-17,24H,9-10,18-20H2,1-2H3,(H2,27,28,29). The Balaban J connectivity index is 1.50. The monoisotopic (exact) mass is 416 g/mol. The van der Waals surface area contributed by atoms with Gasteiger partial charge in [0.1, 0.15) is 0 Å². The van der Waals surface area contributed by atoms with Gasteiger partial charge in [0.15, 0.2) is 5.96 Å². The van der Waals surface area contributed by atoms with Crippen LogP contribution in [0.5, 0.6) is 0 Å². The maximum atomic E-state index is 12.0. The summed E-state index contributed by atoms with van der Waals surface area (Å²) in [7, 11) is 1.79. The molecule has 0 radical (unpaired) electrons. The number of benzene rings is 2. The fraction of sp³-hybridized carbons (Fsp3) is 0.308. The summed E-state index contributed by atoms with van der Waals surface area (Å²) >= 11 is 0. The fourth-order valence-corrected chi connectivity index (χ4v) is 3.73. The molecule has 0 fully saturated rings. The van der Waals surface area contributed by atoms with Crippen molar-refractivity contribution in [2.75, 3.05) is 20.1 Å². The molecule has 1 aromatic heterocycles. The minimum absolute atomic E-state index is 0.0679. The lowest BCUT2D eigenvalue weighted by Gasteiger charge is -2.20. The maximum absolute atomic E-state index is 12.0. The molecule has 0 unspecified atom stereocenters. The predicted molar refractivity (Wildman–Crippen MR) is 129 cm³/mol. The Labute approximate surface area is 184 Å². The molecular formula is C26H32N4O. The Kier molecular flexibility index (Phi) is 8.47. The molecule has 3 rings (SSSR count). The highest BCUT2D eigenvalue weighted by Crippen LogP contribution is 2.23. The van der Waals surface area contributed by atoms with Gasteiger partial charge in [-0.3, -0.25) is 9.79 Å². The summed E-state index contributed by atoms with van der Waals surface area (Å²) in [6.07, 6.45) is 1.90. The third-order valence-electron chi connectivity index (χ3n) is 5.47. The molecule has 5 heteroatoms. The number of hydrogen-bond acceptors (Lipinski definition) is 2. The van der Waals surface area contributed by atoms with Crippen molar-refractivity contribution in [1.29, 1.82) is 0 Å². The van der Waals surface area contributed by atoms with Crippen molar-refractivity contribution in [2.24, 2.45) is 4.99 Å². The Morgan fingerprint density at radius 3 is 2.10 bits per heavy atom. The molecule has 162 valence electrons. The SMILES string of the molecule is CN=C(NCCCCn1c(C)cccc1=O)NCC(c1ccccc1)c1ccccc1. The highest BCUT2D eigenvalue weighted by atomic mass is 16.1. The van der Waals surface area contributed by atoms with Crippen LogP contribution in [-0.4, -0.2) is 30.7 Å². The van der Waals surface area contributed by atoms with E-state index in [1.54, 1.807) is 13.1 Å². The van der Waals surface area contributed by atoms with Crippen LogP contribution in [0, 0.1) is 6.92 Å². The van der Waals surface area contributed by atoms with Crippen LogP contribution in [0.2, 0.25) is 0 Å². The second-order valence-electron chi connectivity index (χ2n) is 7.62. The number of guanidine groups is 1. The van der Waals surface area contributed by atoms with Gasteiger partial charge in [0, 0.05) is 44.4 Å². The number of nitrogens with zero attached hydrogens (tertiary/aromatic N) is 2. The van der Waals surface area contributed by atoms with E-state index in [0.717, 1.165) is 44.1 Å². The van der Waals surface area contributed by atoms with Gasteiger partial charge in [-0.05, 0) is 37.0 Å². The van der Waals surface area contributed by atoms with Gasteiger partial charge in [-0.25, -0.2) is 0 Å². The maximum Gasteiger partial charge on any atom is 0.250 e. The topological polar surface area (TPSA) is 58.4 Å². The molecule has 0 saturated carbocycles. The Hall–Kier alpha value is -3.34. The van der Waals surface area contributed by atoms with Crippen LogP contribution in [0.1, 0.15) is 35.6 Å². The number of pyridine rings is 1. The first kappa shape index (κ1) is 22.3. The highest BCUT2D eigenvalue weighted by molar-refractivity contribution is 5.79. The van der Waals surface area contributed by atoms with E-state index in [1.165, 1.54) is 11.1 Å². The Bertz CT molecular complexity index is 973. The summed E-state index contributed by atoms with van der Waals surface area (Å²) < 4.78 is 1.83. The van der Waals surface area contributed by atoms with Crippen molar-refractivity contribution in [3.63, 3.8) is 0 Å². The van der Waals surface area contributed by atoms with Crippen molar-refractivity contribution >= 4 is 5.96 Å². The summed E-state index contributed by atoms with van der Waals surface area (Å²) in [4.78, 5) is 16.3. The quantitative estimate of drug-likeness (QED) is 0.316. The van der Waals surface area contributed by atoms with Crippen molar-refractivity contribution in [3.8, 4) is 0 Å². The predicted octanol–water partition coefficient (Wildman–Crippen LogP) is 3.93. The number of hydrogen-bond donors (Lipinski definition) is 2. The number of rotatable bonds is 9. The molecule has 0 aliphatic carbocycles. The van der Waals surface area contributed by atoms with Crippen LogP contribution in [0.25, 0.3) is 0 Å². The van der Waals surface area contributed by atoms with Crippen molar-refractivity contribution in [3.05, 3.63) is 106 Å². The Morgan fingerprint density at radius 2 is 1.52 bits per heavy atom. The van der Waals surface area contributed by atoms with Gasteiger partial charge in [0.25, 0.3) is 5.56 Å². The van der Waals surface area contributed by atoms with E-state index in [-0.39, 0.29) is 11.5 Å². The summed E-state index contributed by atoms with van der Waals surface area (Å²) in [6, 6.07) is 26.5. The molecule has 31 heavy (non-hydrogen) atoms. The molecule has 0 aliphatic rings. The van der Waals surface area contributed by atoms with E-state index in [0.29, 0.717) is 0 Å². The Morgan fingerprint density at radius 1 is 0.871 bits per heavy atom. The van der Waals surface area contributed by atoms with Crippen molar-refractivity contribution in [2.45, 2.75) is 32.2 Å². The molecule has 3 aromatic rings. The summed E-state index contributed by atoms with van der Waals surface area (Å²) in [5.74, 6) is 1.04. The molecule has 0 saturated heterocycles. The third-order valence-corrected chi connectivity index (χ3v) is 5.47. The van der Waals surface area contributed by atoms with Crippen LogP contribution in [0.3, 0.4) is 0 Å². The highest BCUT2D eigenvalue weighted by Gasteiger charge is 2.14. The zero-order chi connectivity index (χ0) is 21.9. The molecular weight excluding hydrogens is 384 g/mol. The van der Waals surface area contributed by atoms with E-state index in [9.17, 15) is 4.79 Å². The van der Waals surface area contributed by atoms with Crippen molar-refractivity contribution < 1.29 is 0 Å².